The minimum atomic E-state index is -0.348. The molecule has 0 aliphatic heterocycles. The van der Waals surface area contributed by atoms with Crippen LogP contribution in [-0.4, -0.2) is 26.1 Å². The highest BCUT2D eigenvalue weighted by Gasteiger charge is 2.24. The topological polar surface area (TPSA) is 47.8 Å². The molecule has 5 heteroatoms. The van der Waals surface area contributed by atoms with Crippen LogP contribution in [0.2, 0.25) is 0 Å². The van der Waals surface area contributed by atoms with E-state index in [2.05, 4.69) is 26.2 Å². The largest absolute Gasteiger partial charge is 0.292 e. The molecule has 1 atom stereocenters. The van der Waals surface area contributed by atoms with Crippen molar-refractivity contribution in [2.45, 2.75) is 12.5 Å². The zero-order valence-corrected chi connectivity index (χ0v) is 12.9. The average Bonchev–Trinajstić information content (AvgIpc) is 2.97. The first-order chi connectivity index (χ1) is 10.3. The Hall–Kier alpha value is -2.01. The van der Waals surface area contributed by atoms with Gasteiger partial charge in [-0.2, -0.15) is 0 Å². The van der Waals surface area contributed by atoms with E-state index < -0.39 is 0 Å². The van der Waals surface area contributed by atoms with E-state index in [0.29, 0.717) is 12.0 Å². The number of ketones is 1. The number of hydrogen-bond acceptors (Lipinski definition) is 3. The lowest BCUT2D eigenvalue weighted by Crippen LogP contribution is -2.21. The van der Waals surface area contributed by atoms with Crippen molar-refractivity contribution < 1.29 is 4.79 Å². The second-order valence-electron chi connectivity index (χ2n) is 4.75. The third kappa shape index (κ3) is 2.74. The lowest BCUT2D eigenvalue weighted by atomic mass is 10.0. The third-order valence-corrected chi connectivity index (χ3v) is 3.87. The van der Waals surface area contributed by atoms with Crippen molar-refractivity contribution in [3.05, 3.63) is 60.2 Å². The molecule has 3 rings (SSSR count). The minimum absolute atomic E-state index is 0.0608. The van der Waals surface area contributed by atoms with Gasteiger partial charge in [0.1, 0.15) is 11.6 Å². The summed E-state index contributed by atoms with van der Waals surface area (Å²) in [6.45, 7) is 0. The van der Waals surface area contributed by atoms with Crippen molar-refractivity contribution in [2.24, 2.45) is 0 Å². The smallest absolute Gasteiger partial charge is 0.187 e. The Kier molecular flexibility index (Phi) is 4.10. The predicted molar refractivity (Wildman–Crippen MR) is 85.7 cm³/mol. The Labute approximate surface area is 130 Å². The van der Waals surface area contributed by atoms with Crippen molar-refractivity contribution in [2.75, 3.05) is 5.33 Å². The Morgan fingerprint density at radius 3 is 2.57 bits per heavy atom. The van der Waals surface area contributed by atoms with Crippen molar-refractivity contribution in [3.8, 4) is 0 Å². The highest BCUT2D eigenvalue weighted by Crippen LogP contribution is 2.23. The summed E-state index contributed by atoms with van der Waals surface area (Å²) < 4.78 is 1.73. The van der Waals surface area contributed by atoms with E-state index >= 15 is 0 Å². The normalized spacial score (nSPS) is 12.4. The van der Waals surface area contributed by atoms with Crippen LogP contribution in [0.4, 0.5) is 0 Å². The molecule has 2 aromatic carbocycles. The SMILES string of the molecule is O=C(c1ccccc1)C(CCBr)n1nnc2ccccc21. The van der Waals surface area contributed by atoms with Gasteiger partial charge in [0, 0.05) is 10.9 Å². The number of carbonyl (C=O) groups excluding carboxylic acids is 1. The third-order valence-electron chi connectivity index (χ3n) is 3.42. The monoisotopic (exact) mass is 343 g/mol. The number of alkyl halides is 1. The summed E-state index contributed by atoms with van der Waals surface area (Å²) in [6, 6.07) is 16.7. The van der Waals surface area contributed by atoms with Crippen LogP contribution >= 0.6 is 15.9 Å². The standard InChI is InChI=1S/C16H14BrN3O/c17-11-10-15(16(21)12-6-2-1-3-7-12)20-14-9-5-4-8-13(14)18-19-20/h1-9,15H,10-11H2. The number of hydrogen-bond donors (Lipinski definition) is 0. The van der Waals surface area contributed by atoms with Gasteiger partial charge in [0.05, 0.1) is 5.52 Å². The Balaban J connectivity index is 2.04. The van der Waals surface area contributed by atoms with Gasteiger partial charge in [-0.1, -0.05) is 63.6 Å². The summed E-state index contributed by atoms with van der Waals surface area (Å²) in [5.41, 5.74) is 2.38. The van der Waals surface area contributed by atoms with Gasteiger partial charge >= 0.3 is 0 Å². The molecule has 0 spiro atoms. The molecule has 0 aliphatic carbocycles. The summed E-state index contributed by atoms with van der Waals surface area (Å²) in [4.78, 5) is 12.8. The molecule has 1 unspecified atom stereocenters. The Bertz CT molecular complexity index is 754. The first kappa shape index (κ1) is 13.9. The van der Waals surface area contributed by atoms with E-state index in [1.165, 1.54) is 0 Å². The number of para-hydroxylation sites is 1. The van der Waals surface area contributed by atoms with Gasteiger partial charge in [-0.15, -0.1) is 5.10 Å². The van der Waals surface area contributed by atoms with Crippen molar-refractivity contribution >= 4 is 32.7 Å². The van der Waals surface area contributed by atoms with E-state index in [-0.39, 0.29) is 11.8 Å². The maximum atomic E-state index is 12.8. The summed E-state index contributed by atoms with van der Waals surface area (Å²) in [5.74, 6) is 0.0608. The van der Waals surface area contributed by atoms with Crippen LogP contribution in [0.5, 0.6) is 0 Å². The first-order valence-corrected chi connectivity index (χ1v) is 7.88. The molecule has 4 nitrogen and oxygen atoms in total. The fourth-order valence-electron chi connectivity index (χ4n) is 2.38. The van der Waals surface area contributed by atoms with Gasteiger partial charge in [0.2, 0.25) is 0 Å². The molecule has 0 radical (unpaired) electrons. The van der Waals surface area contributed by atoms with Crippen LogP contribution in [0.25, 0.3) is 11.0 Å². The van der Waals surface area contributed by atoms with Crippen molar-refractivity contribution in [3.63, 3.8) is 0 Å². The Morgan fingerprint density at radius 1 is 1.10 bits per heavy atom. The maximum Gasteiger partial charge on any atom is 0.187 e. The van der Waals surface area contributed by atoms with Crippen LogP contribution in [0, 0.1) is 0 Å². The van der Waals surface area contributed by atoms with E-state index in [0.717, 1.165) is 16.4 Å². The number of halogens is 1. The van der Waals surface area contributed by atoms with Gasteiger partial charge < -0.3 is 0 Å². The highest BCUT2D eigenvalue weighted by atomic mass is 79.9. The lowest BCUT2D eigenvalue weighted by molar-refractivity contribution is 0.0916. The van der Waals surface area contributed by atoms with E-state index in [4.69, 9.17) is 0 Å². The highest BCUT2D eigenvalue weighted by molar-refractivity contribution is 9.09. The molecule has 0 saturated carbocycles. The average molecular weight is 344 g/mol. The van der Waals surface area contributed by atoms with Crippen molar-refractivity contribution in [1.29, 1.82) is 0 Å². The molecule has 0 aliphatic rings. The van der Waals surface area contributed by atoms with Crippen LogP contribution in [0.3, 0.4) is 0 Å². The van der Waals surface area contributed by atoms with Gasteiger partial charge in [-0.3, -0.25) is 4.79 Å². The molecule has 0 amide bonds. The number of fused-ring (bicyclic) bond motifs is 1. The number of rotatable bonds is 5. The Morgan fingerprint density at radius 2 is 1.81 bits per heavy atom. The molecule has 0 bridgehead atoms. The molecule has 1 heterocycles. The number of benzene rings is 2. The van der Waals surface area contributed by atoms with Crippen LogP contribution in [-0.2, 0) is 0 Å². The quantitative estimate of drug-likeness (QED) is 0.524. The summed E-state index contributed by atoms with van der Waals surface area (Å²) in [7, 11) is 0. The molecule has 0 N–H and O–H groups in total. The van der Waals surface area contributed by atoms with Gasteiger partial charge in [-0.05, 0) is 18.6 Å². The summed E-state index contributed by atoms with van der Waals surface area (Å²) in [5, 5.41) is 9.06. The fraction of sp³-hybridized carbons (Fsp3) is 0.188. The van der Waals surface area contributed by atoms with Crippen LogP contribution < -0.4 is 0 Å². The molecular formula is C16H14BrN3O. The minimum Gasteiger partial charge on any atom is -0.292 e. The summed E-state index contributed by atoms with van der Waals surface area (Å²) in [6.07, 6.45) is 0.668. The molecule has 3 aromatic rings. The number of Topliss-reactive ketones (excluding diaryl/α,β-unsaturated/α-hetero) is 1. The first-order valence-electron chi connectivity index (χ1n) is 6.76. The molecule has 0 fully saturated rings. The molecule has 106 valence electrons. The number of aromatic nitrogens is 3. The lowest BCUT2D eigenvalue weighted by Gasteiger charge is -2.15. The second-order valence-corrected chi connectivity index (χ2v) is 5.54. The van der Waals surface area contributed by atoms with Gasteiger partial charge in [-0.25, -0.2) is 4.68 Å². The maximum absolute atomic E-state index is 12.8. The van der Waals surface area contributed by atoms with Gasteiger partial charge in [0.25, 0.3) is 0 Å². The number of nitrogens with zero attached hydrogens (tertiary/aromatic N) is 3. The molecule has 1 aromatic heterocycles. The molecule has 0 saturated heterocycles. The summed E-state index contributed by atoms with van der Waals surface area (Å²) >= 11 is 3.43. The molecular weight excluding hydrogens is 330 g/mol. The molecule has 21 heavy (non-hydrogen) atoms. The fourth-order valence-corrected chi connectivity index (χ4v) is 2.81. The predicted octanol–water partition coefficient (Wildman–Crippen LogP) is 3.64. The second kappa shape index (κ2) is 6.18. The van der Waals surface area contributed by atoms with Crippen LogP contribution in [0.15, 0.2) is 54.6 Å². The zero-order valence-electron chi connectivity index (χ0n) is 11.3. The zero-order chi connectivity index (χ0) is 14.7. The van der Waals surface area contributed by atoms with E-state index in [1.807, 2.05) is 54.6 Å². The van der Waals surface area contributed by atoms with Crippen LogP contribution in [0.1, 0.15) is 22.8 Å². The van der Waals surface area contributed by atoms with E-state index in [1.54, 1.807) is 4.68 Å². The van der Waals surface area contributed by atoms with Crippen molar-refractivity contribution in [1.82, 2.24) is 15.0 Å². The van der Waals surface area contributed by atoms with E-state index in [9.17, 15) is 4.79 Å². The van der Waals surface area contributed by atoms with Gasteiger partial charge in [0.15, 0.2) is 5.78 Å². The number of carbonyl (C=O) groups is 1.